The number of oxazole rings is 1. The van der Waals surface area contributed by atoms with Crippen molar-refractivity contribution in [2.24, 2.45) is 0 Å². The van der Waals surface area contributed by atoms with Crippen LogP contribution in [-0.2, 0) is 0 Å². The number of aromatic nitrogens is 3. The van der Waals surface area contributed by atoms with Gasteiger partial charge in [-0.15, -0.1) is 0 Å². The summed E-state index contributed by atoms with van der Waals surface area (Å²) in [7, 11) is 1.51. The fraction of sp³-hybridized carbons (Fsp3) is 0.188. The van der Waals surface area contributed by atoms with Gasteiger partial charge in [-0.05, 0) is 18.2 Å². The molecule has 0 saturated heterocycles. The molecule has 0 bridgehead atoms. The Morgan fingerprint density at radius 2 is 1.73 bits per heavy atom. The lowest BCUT2D eigenvalue weighted by Gasteiger charge is -1.97. The average molecular weight is 300 g/mol. The van der Waals surface area contributed by atoms with E-state index in [-0.39, 0.29) is 0 Å². The molecule has 3 rings (SSSR count). The van der Waals surface area contributed by atoms with Crippen LogP contribution < -0.4 is 10.5 Å². The minimum absolute atomic E-state index is 0.302. The zero-order valence-corrected chi connectivity index (χ0v) is 12.9. The third-order valence-corrected chi connectivity index (χ3v) is 2.27. The van der Waals surface area contributed by atoms with Gasteiger partial charge in [-0.1, -0.05) is 32.0 Å². The lowest BCUT2D eigenvalue weighted by atomic mass is 10.3. The number of anilines is 1. The lowest BCUT2D eigenvalue weighted by molar-refractivity contribution is 0.379. The minimum Gasteiger partial charge on any atom is -0.467 e. The Kier molecular flexibility index (Phi) is 7.74. The van der Waals surface area contributed by atoms with E-state index in [0.717, 1.165) is 5.69 Å². The summed E-state index contributed by atoms with van der Waals surface area (Å²) >= 11 is 0. The van der Waals surface area contributed by atoms with Crippen LogP contribution in [0.3, 0.4) is 0 Å². The van der Waals surface area contributed by atoms with Gasteiger partial charge in [0.2, 0.25) is 5.89 Å². The third kappa shape index (κ3) is 5.62. The molecule has 0 fully saturated rings. The molecule has 0 amide bonds. The number of hydrogen-bond acceptors (Lipinski definition) is 6. The fourth-order valence-corrected chi connectivity index (χ4v) is 1.36. The van der Waals surface area contributed by atoms with Gasteiger partial charge in [-0.3, -0.25) is 0 Å². The molecule has 6 nitrogen and oxygen atoms in total. The molecule has 0 saturated carbocycles. The maximum Gasteiger partial charge on any atom is 0.316 e. The Bertz CT molecular complexity index is 628. The van der Waals surface area contributed by atoms with E-state index < -0.39 is 0 Å². The quantitative estimate of drug-likeness (QED) is 0.729. The second-order valence-electron chi connectivity index (χ2n) is 3.68. The van der Waals surface area contributed by atoms with E-state index in [4.69, 9.17) is 14.9 Å². The standard InChI is InChI=1S/C8H7N3O2.C6H7N.C2H6/c1-12-8-10-3-2-6(11-8)7-9-4-5-13-7;7-6-4-2-1-3-5-6;1-2/h2-5H,1H3;1-5H,7H2;1-2H3. The topological polar surface area (TPSA) is 87.1 Å². The highest BCUT2D eigenvalue weighted by Crippen LogP contribution is 2.14. The van der Waals surface area contributed by atoms with Crippen LogP contribution in [0.15, 0.2) is 59.5 Å². The largest absolute Gasteiger partial charge is 0.467 e. The second-order valence-corrected chi connectivity index (χ2v) is 3.68. The molecule has 116 valence electrons. The molecular formula is C16H20N4O2. The van der Waals surface area contributed by atoms with Crippen LogP contribution >= 0.6 is 0 Å². The van der Waals surface area contributed by atoms with Crippen molar-refractivity contribution >= 4 is 5.69 Å². The molecule has 0 aliphatic carbocycles. The summed E-state index contributed by atoms with van der Waals surface area (Å²) in [5, 5.41) is 0. The van der Waals surface area contributed by atoms with E-state index >= 15 is 0 Å². The van der Waals surface area contributed by atoms with E-state index in [0.29, 0.717) is 17.6 Å². The van der Waals surface area contributed by atoms with Crippen molar-refractivity contribution in [1.29, 1.82) is 0 Å². The first kappa shape index (κ1) is 17.2. The van der Waals surface area contributed by atoms with Crippen LogP contribution in [-0.4, -0.2) is 22.1 Å². The monoisotopic (exact) mass is 300 g/mol. The smallest absolute Gasteiger partial charge is 0.316 e. The number of nitrogen functional groups attached to an aromatic ring is 1. The first-order chi connectivity index (χ1) is 10.8. The Morgan fingerprint density at radius 1 is 1.00 bits per heavy atom. The van der Waals surface area contributed by atoms with Crippen molar-refractivity contribution in [3.63, 3.8) is 0 Å². The highest BCUT2D eigenvalue weighted by molar-refractivity contribution is 5.45. The molecule has 22 heavy (non-hydrogen) atoms. The molecule has 3 aromatic rings. The van der Waals surface area contributed by atoms with Gasteiger partial charge in [-0.25, -0.2) is 9.97 Å². The first-order valence-electron chi connectivity index (χ1n) is 6.87. The van der Waals surface area contributed by atoms with Crippen molar-refractivity contribution in [3.8, 4) is 17.6 Å². The van der Waals surface area contributed by atoms with Crippen LogP contribution in [0.1, 0.15) is 13.8 Å². The summed E-state index contributed by atoms with van der Waals surface area (Å²) in [5.74, 6) is 0.459. The number of methoxy groups -OCH3 is 1. The van der Waals surface area contributed by atoms with Gasteiger partial charge in [0.05, 0.1) is 13.3 Å². The molecule has 6 heteroatoms. The van der Waals surface area contributed by atoms with Crippen LogP contribution in [0, 0.1) is 0 Å². The molecule has 2 heterocycles. The van der Waals surface area contributed by atoms with Crippen LogP contribution in [0.25, 0.3) is 11.6 Å². The highest BCUT2D eigenvalue weighted by atomic mass is 16.5. The summed E-state index contributed by atoms with van der Waals surface area (Å²) in [6, 6.07) is 11.5. The minimum atomic E-state index is 0.302. The van der Waals surface area contributed by atoms with E-state index in [2.05, 4.69) is 15.0 Å². The number of nitrogens with zero attached hydrogens (tertiary/aromatic N) is 3. The maximum atomic E-state index is 5.36. The normalized spacial score (nSPS) is 8.86. The lowest BCUT2D eigenvalue weighted by Crippen LogP contribution is -1.92. The van der Waals surface area contributed by atoms with Crippen LogP contribution in [0.2, 0.25) is 0 Å². The number of para-hydroxylation sites is 1. The molecule has 0 spiro atoms. The van der Waals surface area contributed by atoms with Crippen molar-refractivity contribution in [2.45, 2.75) is 13.8 Å². The number of nitrogens with two attached hydrogens (primary N) is 1. The molecule has 2 N–H and O–H groups in total. The molecule has 0 radical (unpaired) electrons. The molecule has 0 aliphatic heterocycles. The van der Waals surface area contributed by atoms with Gasteiger partial charge < -0.3 is 14.9 Å². The van der Waals surface area contributed by atoms with Crippen molar-refractivity contribution in [3.05, 3.63) is 55.1 Å². The van der Waals surface area contributed by atoms with E-state index in [1.807, 2.05) is 44.2 Å². The maximum absolute atomic E-state index is 5.36. The van der Waals surface area contributed by atoms with Gasteiger partial charge in [-0.2, -0.15) is 4.98 Å². The fourth-order valence-electron chi connectivity index (χ4n) is 1.36. The Hall–Kier alpha value is -2.89. The van der Waals surface area contributed by atoms with Gasteiger partial charge in [0, 0.05) is 11.9 Å². The number of rotatable bonds is 2. The molecule has 0 atom stereocenters. The van der Waals surface area contributed by atoms with Crippen LogP contribution in [0.5, 0.6) is 6.01 Å². The molecule has 0 aliphatic rings. The summed E-state index contributed by atoms with van der Waals surface area (Å²) in [6.07, 6.45) is 4.64. The SMILES string of the molecule is CC.COc1nccc(-c2ncco2)n1.Nc1ccccc1. The van der Waals surface area contributed by atoms with Gasteiger partial charge in [0.1, 0.15) is 12.0 Å². The molecule has 2 aromatic heterocycles. The van der Waals surface area contributed by atoms with Gasteiger partial charge >= 0.3 is 6.01 Å². The first-order valence-corrected chi connectivity index (χ1v) is 6.87. The number of hydrogen-bond donors (Lipinski definition) is 1. The zero-order valence-electron chi connectivity index (χ0n) is 12.9. The highest BCUT2D eigenvalue weighted by Gasteiger charge is 2.05. The predicted octanol–water partition coefficient (Wildman–Crippen LogP) is 3.44. The molecular weight excluding hydrogens is 280 g/mol. The Labute approximate surface area is 130 Å². The Morgan fingerprint density at radius 3 is 2.23 bits per heavy atom. The van der Waals surface area contributed by atoms with Crippen molar-refractivity contribution in [2.75, 3.05) is 12.8 Å². The summed E-state index contributed by atoms with van der Waals surface area (Å²) in [5.41, 5.74) is 6.79. The molecule has 0 unspecified atom stereocenters. The zero-order chi connectivity index (χ0) is 16.2. The van der Waals surface area contributed by atoms with Gasteiger partial charge in [0.15, 0.2) is 0 Å². The Balaban J connectivity index is 0.000000228. The number of benzene rings is 1. The summed E-state index contributed by atoms with van der Waals surface area (Å²) in [6.45, 7) is 4.00. The van der Waals surface area contributed by atoms with Gasteiger partial charge in [0.25, 0.3) is 0 Å². The van der Waals surface area contributed by atoms with E-state index in [1.165, 1.54) is 13.4 Å². The number of ether oxygens (including phenoxy) is 1. The van der Waals surface area contributed by atoms with Crippen molar-refractivity contribution < 1.29 is 9.15 Å². The van der Waals surface area contributed by atoms with Crippen LogP contribution in [0.4, 0.5) is 5.69 Å². The van der Waals surface area contributed by atoms with E-state index in [1.54, 1.807) is 18.5 Å². The predicted molar refractivity (Wildman–Crippen MR) is 86.3 cm³/mol. The summed E-state index contributed by atoms with van der Waals surface area (Å²) in [4.78, 5) is 11.9. The van der Waals surface area contributed by atoms with E-state index in [9.17, 15) is 0 Å². The summed E-state index contributed by atoms with van der Waals surface area (Å²) < 4.78 is 9.92. The van der Waals surface area contributed by atoms with Crippen molar-refractivity contribution in [1.82, 2.24) is 15.0 Å². The average Bonchev–Trinajstić information content (AvgIpc) is 3.13. The third-order valence-electron chi connectivity index (χ3n) is 2.27. The second kappa shape index (κ2) is 9.93. The molecule has 1 aromatic carbocycles.